The molecule has 0 radical (unpaired) electrons. The van der Waals surface area contributed by atoms with Gasteiger partial charge in [0.1, 0.15) is 6.10 Å². The van der Waals surface area contributed by atoms with Gasteiger partial charge in [0, 0.05) is 10.6 Å². The Morgan fingerprint density at radius 1 is 1.21 bits per heavy atom. The van der Waals surface area contributed by atoms with Crippen LogP contribution in [0.4, 0.5) is 0 Å². The van der Waals surface area contributed by atoms with E-state index in [0.29, 0.717) is 5.02 Å². The molecule has 0 amide bonds. The number of benzene rings is 1. The van der Waals surface area contributed by atoms with Crippen LogP contribution in [-0.2, 0) is 4.43 Å². The highest BCUT2D eigenvalue weighted by Crippen LogP contribution is 2.39. The first kappa shape index (κ1) is 16.7. The molecule has 1 aromatic rings. The summed E-state index contributed by atoms with van der Waals surface area (Å²) >= 11 is 6.12. The van der Waals surface area contributed by atoms with Gasteiger partial charge >= 0.3 is 0 Å². The minimum Gasteiger partial charge on any atom is -0.411 e. The van der Waals surface area contributed by atoms with E-state index in [1.807, 2.05) is 25.1 Å². The van der Waals surface area contributed by atoms with Crippen LogP contribution in [-0.4, -0.2) is 19.5 Å². The second-order valence-corrected chi connectivity index (χ2v) is 11.7. The van der Waals surface area contributed by atoms with Crippen LogP contribution in [0.25, 0.3) is 0 Å². The molecule has 2 unspecified atom stereocenters. The van der Waals surface area contributed by atoms with Crippen LogP contribution in [0.1, 0.15) is 39.4 Å². The van der Waals surface area contributed by atoms with E-state index < -0.39 is 14.4 Å². The predicted molar refractivity (Wildman–Crippen MR) is 84.2 cm³/mol. The van der Waals surface area contributed by atoms with Gasteiger partial charge in [0.15, 0.2) is 8.32 Å². The van der Waals surface area contributed by atoms with Crippen molar-refractivity contribution in [2.45, 2.75) is 58.0 Å². The Kier molecular flexibility index (Phi) is 5.24. The average Bonchev–Trinajstić information content (AvgIpc) is 2.26. The zero-order valence-corrected chi connectivity index (χ0v) is 14.5. The highest BCUT2D eigenvalue weighted by Gasteiger charge is 2.39. The molecule has 0 saturated heterocycles. The summed E-state index contributed by atoms with van der Waals surface area (Å²) in [5.41, 5.74) is 0.732. The lowest BCUT2D eigenvalue weighted by molar-refractivity contribution is 0.0380. The minimum atomic E-state index is -1.88. The minimum absolute atomic E-state index is 0.126. The molecule has 19 heavy (non-hydrogen) atoms. The van der Waals surface area contributed by atoms with E-state index >= 15 is 0 Å². The van der Waals surface area contributed by atoms with Gasteiger partial charge in [0.05, 0.1) is 6.10 Å². The van der Waals surface area contributed by atoms with Gasteiger partial charge in [0.2, 0.25) is 0 Å². The van der Waals surface area contributed by atoms with Gasteiger partial charge in [-0.1, -0.05) is 50.6 Å². The third-order valence-corrected chi connectivity index (χ3v) is 8.87. The van der Waals surface area contributed by atoms with E-state index in [4.69, 9.17) is 16.0 Å². The molecule has 0 aliphatic carbocycles. The number of halogens is 1. The predicted octanol–water partition coefficient (Wildman–Crippen LogP) is 4.78. The van der Waals surface area contributed by atoms with Crippen molar-refractivity contribution in [1.29, 1.82) is 0 Å². The van der Waals surface area contributed by atoms with Gasteiger partial charge in [-0.15, -0.1) is 0 Å². The molecule has 0 heterocycles. The van der Waals surface area contributed by atoms with E-state index in [9.17, 15) is 5.11 Å². The summed E-state index contributed by atoms with van der Waals surface area (Å²) in [5, 5.41) is 11.1. The topological polar surface area (TPSA) is 29.5 Å². The van der Waals surface area contributed by atoms with Crippen LogP contribution in [0.15, 0.2) is 24.3 Å². The van der Waals surface area contributed by atoms with E-state index in [2.05, 4.69) is 33.9 Å². The molecule has 1 rings (SSSR count). The van der Waals surface area contributed by atoms with E-state index in [0.717, 1.165) is 5.56 Å². The average molecular weight is 301 g/mol. The molecule has 2 atom stereocenters. The molecule has 0 aromatic heterocycles. The molecule has 0 spiro atoms. The summed E-state index contributed by atoms with van der Waals surface area (Å²) < 4.78 is 6.20. The molecule has 0 fully saturated rings. The maximum absolute atomic E-state index is 10.4. The summed E-state index contributed by atoms with van der Waals surface area (Å²) in [6.07, 6.45) is -0.955. The molecule has 1 N–H and O–H groups in total. The monoisotopic (exact) mass is 300 g/mol. The van der Waals surface area contributed by atoms with E-state index in [1.54, 1.807) is 6.07 Å². The third kappa shape index (κ3) is 4.05. The molecular weight excluding hydrogens is 276 g/mol. The lowest BCUT2D eigenvalue weighted by Crippen LogP contribution is -2.44. The number of rotatable bonds is 4. The summed E-state index contributed by atoms with van der Waals surface area (Å²) in [5.74, 6) is 0. The zero-order chi connectivity index (χ0) is 14.8. The summed E-state index contributed by atoms with van der Waals surface area (Å²) in [6.45, 7) is 12.8. The van der Waals surface area contributed by atoms with Gasteiger partial charge in [-0.3, -0.25) is 0 Å². The fourth-order valence-electron chi connectivity index (χ4n) is 1.67. The quantitative estimate of drug-likeness (QED) is 0.811. The van der Waals surface area contributed by atoms with Crippen LogP contribution >= 0.6 is 11.6 Å². The molecule has 1 aromatic carbocycles. The number of aliphatic hydroxyl groups is 1. The van der Waals surface area contributed by atoms with Crippen molar-refractivity contribution in [2.24, 2.45) is 0 Å². The van der Waals surface area contributed by atoms with Gasteiger partial charge in [0.25, 0.3) is 0 Å². The SMILES string of the molecule is CC(O[Si](C)(C)C(C)(C)C)C(O)c1ccccc1Cl. The Hall–Kier alpha value is -0.353. The Bertz CT molecular complexity index is 426. The summed E-state index contributed by atoms with van der Waals surface area (Å²) in [6, 6.07) is 7.37. The second kappa shape index (κ2) is 5.96. The van der Waals surface area contributed by atoms with Crippen molar-refractivity contribution in [3.8, 4) is 0 Å². The van der Waals surface area contributed by atoms with Crippen molar-refractivity contribution in [3.05, 3.63) is 34.9 Å². The van der Waals surface area contributed by atoms with Crippen molar-refractivity contribution < 1.29 is 9.53 Å². The summed E-state index contributed by atoms with van der Waals surface area (Å²) in [7, 11) is -1.88. The van der Waals surface area contributed by atoms with Crippen LogP contribution < -0.4 is 0 Å². The molecule has 0 aliphatic heterocycles. The molecule has 0 aliphatic rings. The summed E-state index contributed by atoms with van der Waals surface area (Å²) in [4.78, 5) is 0. The van der Waals surface area contributed by atoms with Crippen molar-refractivity contribution in [2.75, 3.05) is 0 Å². The maximum Gasteiger partial charge on any atom is 0.192 e. The first-order valence-corrected chi connectivity index (χ1v) is 9.95. The van der Waals surface area contributed by atoms with Crippen LogP contribution in [0.5, 0.6) is 0 Å². The van der Waals surface area contributed by atoms with Gasteiger partial charge in [-0.25, -0.2) is 0 Å². The largest absolute Gasteiger partial charge is 0.411 e. The lowest BCUT2D eigenvalue weighted by Gasteiger charge is -2.39. The smallest absolute Gasteiger partial charge is 0.192 e. The van der Waals surface area contributed by atoms with Crippen LogP contribution in [0.3, 0.4) is 0 Å². The fourth-order valence-corrected chi connectivity index (χ4v) is 3.33. The lowest BCUT2D eigenvalue weighted by atomic mass is 10.1. The third-order valence-electron chi connectivity index (χ3n) is 3.96. The number of hydrogen-bond acceptors (Lipinski definition) is 2. The van der Waals surface area contributed by atoms with Gasteiger partial charge < -0.3 is 9.53 Å². The molecule has 4 heteroatoms. The second-order valence-electron chi connectivity index (χ2n) is 6.55. The molecule has 0 bridgehead atoms. The number of aliphatic hydroxyl groups excluding tert-OH is 1. The number of hydrogen-bond donors (Lipinski definition) is 1. The van der Waals surface area contributed by atoms with E-state index in [1.165, 1.54) is 0 Å². The highest BCUT2D eigenvalue weighted by atomic mass is 35.5. The molecule has 108 valence electrons. The van der Waals surface area contributed by atoms with Crippen molar-refractivity contribution in [1.82, 2.24) is 0 Å². The van der Waals surface area contributed by atoms with E-state index in [-0.39, 0.29) is 11.1 Å². The Morgan fingerprint density at radius 2 is 1.74 bits per heavy atom. The maximum atomic E-state index is 10.4. The molecular formula is C15H25ClO2Si. The Labute approximate surface area is 122 Å². The normalized spacial score (nSPS) is 16.2. The Morgan fingerprint density at radius 3 is 2.21 bits per heavy atom. The highest BCUT2D eigenvalue weighted by molar-refractivity contribution is 6.74. The van der Waals surface area contributed by atoms with Crippen molar-refractivity contribution >= 4 is 19.9 Å². The van der Waals surface area contributed by atoms with Gasteiger partial charge in [-0.2, -0.15) is 0 Å². The molecule has 2 nitrogen and oxygen atoms in total. The van der Waals surface area contributed by atoms with Crippen LogP contribution in [0, 0.1) is 0 Å². The van der Waals surface area contributed by atoms with Crippen molar-refractivity contribution in [3.63, 3.8) is 0 Å². The van der Waals surface area contributed by atoms with Crippen LogP contribution in [0.2, 0.25) is 23.2 Å². The van der Waals surface area contributed by atoms with Gasteiger partial charge in [-0.05, 0) is 31.1 Å². The first-order chi connectivity index (χ1) is 8.56. The first-order valence-electron chi connectivity index (χ1n) is 6.66. The standard InChI is InChI=1S/C15H25ClO2Si/c1-11(18-19(5,6)15(2,3)4)14(17)12-9-7-8-10-13(12)16/h7-11,14,17H,1-6H3. The zero-order valence-electron chi connectivity index (χ0n) is 12.7. The molecule has 0 saturated carbocycles. The fraction of sp³-hybridized carbons (Fsp3) is 0.600. The Balaban J connectivity index is 2.85.